The van der Waals surface area contributed by atoms with Gasteiger partial charge in [-0.1, -0.05) is 25.4 Å². The number of halogens is 1. The molecule has 0 fully saturated rings. The molecule has 0 aliphatic carbocycles. The summed E-state index contributed by atoms with van der Waals surface area (Å²) in [4.78, 5) is 14.2. The van der Waals surface area contributed by atoms with Gasteiger partial charge < -0.3 is 10.2 Å². The van der Waals surface area contributed by atoms with Crippen molar-refractivity contribution in [1.29, 1.82) is 0 Å². The second-order valence-corrected chi connectivity index (χ2v) is 4.90. The van der Waals surface area contributed by atoms with Crippen molar-refractivity contribution in [3.8, 4) is 0 Å². The Kier molecular flexibility index (Phi) is 6.31. The van der Waals surface area contributed by atoms with Crippen molar-refractivity contribution >= 4 is 17.3 Å². The van der Waals surface area contributed by atoms with E-state index in [0.717, 1.165) is 19.6 Å². The van der Waals surface area contributed by atoms with Gasteiger partial charge >= 0.3 is 0 Å². The summed E-state index contributed by atoms with van der Waals surface area (Å²) < 4.78 is 1.35. The van der Waals surface area contributed by atoms with Crippen LogP contribution in [0, 0.1) is 0 Å². The summed E-state index contributed by atoms with van der Waals surface area (Å²) in [5, 5.41) is 7.54. The molecular formula is C13H23ClN4O. The third-order valence-electron chi connectivity index (χ3n) is 3.11. The molecule has 1 aromatic heterocycles. The highest BCUT2D eigenvalue weighted by atomic mass is 35.5. The molecule has 0 spiro atoms. The van der Waals surface area contributed by atoms with Gasteiger partial charge in [0.05, 0.1) is 11.9 Å². The van der Waals surface area contributed by atoms with Crippen molar-refractivity contribution < 1.29 is 0 Å². The number of nitrogens with one attached hydrogen (secondary N) is 1. The summed E-state index contributed by atoms with van der Waals surface area (Å²) in [7, 11) is 0. The van der Waals surface area contributed by atoms with E-state index in [1.54, 1.807) is 6.20 Å². The Morgan fingerprint density at radius 3 is 2.58 bits per heavy atom. The van der Waals surface area contributed by atoms with Crippen LogP contribution in [-0.2, 0) is 6.54 Å². The summed E-state index contributed by atoms with van der Waals surface area (Å²) in [6, 6.07) is 0.205. The predicted molar refractivity (Wildman–Crippen MR) is 80.1 cm³/mol. The van der Waals surface area contributed by atoms with E-state index in [1.165, 1.54) is 4.68 Å². The number of rotatable bonds is 7. The molecule has 1 aromatic rings. The van der Waals surface area contributed by atoms with Gasteiger partial charge in [-0.2, -0.15) is 5.10 Å². The monoisotopic (exact) mass is 286 g/mol. The highest BCUT2D eigenvalue weighted by Gasteiger charge is 2.12. The zero-order valence-electron chi connectivity index (χ0n) is 12.1. The Morgan fingerprint density at radius 1 is 1.42 bits per heavy atom. The van der Waals surface area contributed by atoms with Gasteiger partial charge in [-0.25, -0.2) is 4.68 Å². The minimum absolute atomic E-state index is 0.205. The van der Waals surface area contributed by atoms with Crippen LogP contribution in [0.1, 0.15) is 27.7 Å². The number of likely N-dealkylation sites (N-methyl/N-ethyl adjacent to an activating group) is 1. The maximum atomic E-state index is 11.9. The Morgan fingerprint density at radius 2 is 2.05 bits per heavy atom. The molecule has 0 amide bonds. The molecule has 0 aliphatic heterocycles. The third kappa shape index (κ3) is 4.21. The zero-order chi connectivity index (χ0) is 14.4. The van der Waals surface area contributed by atoms with E-state index in [2.05, 4.69) is 36.1 Å². The molecule has 1 unspecified atom stereocenters. The fraction of sp³-hybridized carbons (Fsp3) is 0.692. The van der Waals surface area contributed by atoms with Crippen molar-refractivity contribution in [3.63, 3.8) is 0 Å². The lowest BCUT2D eigenvalue weighted by molar-refractivity contribution is 0.295. The van der Waals surface area contributed by atoms with Crippen LogP contribution < -0.4 is 10.9 Å². The quantitative estimate of drug-likeness (QED) is 0.834. The maximum Gasteiger partial charge on any atom is 0.287 e. The summed E-state index contributed by atoms with van der Waals surface area (Å²) >= 11 is 6.08. The van der Waals surface area contributed by atoms with Gasteiger partial charge in [0, 0.05) is 19.1 Å². The molecule has 1 rings (SSSR count). The molecule has 108 valence electrons. The summed E-state index contributed by atoms with van der Waals surface area (Å²) in [6.07, 6.45) is 1.62. The first kappa shape index (κ1) is 16.0. The number of aryl methyl sites for hydroxylation is 1. The second-order valence-electron chi connectivity index (χ2n) is 4.52. The molecule has 6 heteroatoms. The molecule has 0 radical (unpaired) electrons. The Labute approximate surface area is 119 Å². The molecular weight excluding hydrogens is 264 g/mol. The van der Waals surface area contributed by atoms with Gasteiger partial charge in [0.2, 0.25) is 0 Å². The van der Waals surface area contributed by atoms with Crippen LogP contribution in [0.3, 0.4) is 0 Å². The van der Waals surface area contributed by atoms with Crippen LogP contribution in [0.2, 0.25) is 5.02 Å². The van der Waals surface area contributed by atoms with E-state index >= 15 is 0 Å². The van der Waals surface area contributed by atoms with Gasteiger partial charge in [-0.15, -0.1) is 0 Å². The van der Waals surface area contributed by atoms with Gasteiger partial charge in [0.1, 0.15) is 5.02 Å². The van der Waals surface area contributed by atoms with Crippen molar-refractivity contribution in [2.75, 3.05) is 25.0 Å². The fourth-order valence-corrected chi connectivity index (χ4v) is 2.17. The maximum absolute atomic E-state index is 11.9. The zero-order valence-corrected chi connectivity index (χ0v) is 12.9. The van der Waals surface area contributed by atoms with Gasteiger partial charge in [0.15, 0.2) is 0 Å². The lowest BCUT2D eigenvalue weighted by atomic mass is 10.3. The minimum Gasteiger partial charge on any atom is -0.379 e. The molecule has 0 saturated carbocycles. The molecule has 0 bridgehead atoms. The number of hydrogen-bond donors (Lipinski definition) is 1. The van der Waals surface area contributed by atoms with E-state index in [9.17, 15) is 4.79 Å². The number of nitrogens with zero attached hydrogens (tertiary/aromatic N) is 3. The van der Waals surface area contributed by atoms with Gasteiger partial charge in [-0.05, 0) is 26.9 Å². The topological polar surface area (TPSA) is 50.2 Å². The average Bonchev–Trinajstić information content (AvgIpc) is 2.41. The van der Waals surface area contributed by atoms with Crippen LogP contribution >= 0.6 is 11.6 Å². The minimum atomic E-state index is -0.246. The van der Waals surface area contributed by atoms with Gasteiger partial charge in [-0.3, -0.25) is 4.79 Å². The van der Waals surface area contributed by atoms with Crippen LogP contribution in [0.5, 0.6) is 0 Å². The first-order valence-electron chi connectivity index (χ1n) is 6.77. The fourth-order valence-electron chi connectivity index (χ4n) is 1.97. The van der Waals surface area contributed by atoms with E-state index < -0.39 is 0 Å². The number of hydrogen-bond acceptors (Lipinski definition) is 4. The van der Waals surface area contributed by atoms with E-state index in [-0.39, 0.29) is 16.6 Å². The lowest BCUT2D eigenvalue weighted by Crippen LogP contribution is -2.35. The normalized spacial score (nSPS) is 12.7. The molecule has 1 atom stereocenters. The van der Waals surface area contributed by atoms with Crippen LogP contribution in [0.4, 0.5) is 5.69 Å². The van der Waals surface area contributed by atoms with E-state index in [0.29, 0.717) is 12.2 Å². The third-order valence-corrected chi connectivity index (χ3v) is 3.48. The number of anilines is 1. The largest absolute Gasteiger partial charge is 0.379 e. The molecule has 0 aliphatic rings. The first-order chi connectivity index (χ1) is 9.03. The van der Waals surface area contributed by atoms with Crippen molar-refractivity contribution in [2.24, 2.45) is 0 Å². The number of aromatic nitrogens is 2. The molecule has 1 heterocycles. The molecule has 19 heavy (non-hydrogen) atoms. The van der Waals surface area contributed by atoms with Gasteiger partial charge in [0.25, 0.3) is 5.56 Å². The average molecular weight is 287 g/mol. The predicted octanol–water partition coefficient (Wildman–Crippen LogP) is 2.06. The summed E-state index contributed by atoms with van der Waals surface area (Å²) in [5.41, 5.74) is 0.361. The summed E-state index contributed by atoms with van der Waals surface area (Å²) in [6.45, 7) is 11.6. The smallest absolute Gasteiger partial charge is 0.287 e. The molecule has 0 saturated heterocycles. The molecule has 0 aromatic carbocycles. The SMILES string of the molecule is CCN(CC)CC(C)Nc1cnn(CC)c(=O)c1Cl. The highest BCUT2D eigenvalue weighted by Crippen LogP contribution is 2.16. The Hall–Kier alpha value is -1.07. The van der Waals surface area contributed by atoms with Crippen LogP contribution in [-0.4, -0.2) is 40.4 Å². The van der Waals surface area contributed by atoms with E-state index in [4.69, 9.17) is 11.6 Å². The molecule has 5 nitrogen and oxygen atoms in total. The van der Waals surface area contributed by atoms with Crippen LogP contribution in [0.25, 0.3) is 0 Å². The first-order valence-corrected chi connectivity index (χ1v) is 7.15. The molecule has 1 N–H and O–H groups in total. The lowest BCUT2D eigenvalue weighted by Gasteiger charge is -2.24. The van der Waals surface area contributed by atoms with Crippen LogP contribution in [0.15, 0.2) is 11.0 Å². The van der Waals surface area contributed by atoms with E-state index in [1.807, 2.05) is 6.92 Å². The Bertz CT molecular complexity index is 456. The van der Waals surface area contributed by atoms with Crippen molar-refractivity contribution in [1.82, 2.24) is 14.7 Å². The van der Waals surface area contributed by atoms with Crippen molar-refractivity contribution in [2.45, 2.75) is 40.3 Å². The summed E-state index contributed by atoms with van der Waals surface area (Å²) in [5.74, 6) is 0. The van der Waals surface area contributed by atoms with Crippen molar-refractivity contribution in [3.05, 3.63) is 21.6 Å². The Balaban J connectivity index is 2.77. The highest BCUT2D eigenvalue weighted by molar-refractivity contribution is 6.32. The second kappa shape index (κ2) is 7.50. The standard InChI is InChI=1S/C13H23ClN4O/c1-5-17(6-2)9-10(4)16-11-8-15-18(7-3)13(19)12(11)14/h8,10,16H,5-7,9H2,1-4H3.